The zero-order valence-corrected chi connectivity index (χ0v) is 25.0. The first-order chi connectivity index (χ1) is 19.6. The Labute approximate surface area is 245 Å². The molecule has 0 radical (unpaired) electrons. The van der Waals surface area contributed by atoms with Crippen LogP contribution >= 0.6 is 22.9 Å². The molecule has 5 rings (SSSR count). The number of carbonyl (C=O) groups is 2. The molecule has 4 aromatic rings. The predicted molar refractivity (Wildman–Crippen MR) is 160 cm³/mol. The third-order valence-corrected chi connectivity index (χ3v) is 8.26. The number of ether oxygens (including phenoxy) is 2. The van der Waals surface area contributed by atoms with Crippen LogP contribution in [0.3, 0.4) is 0 Å². The summed E-state index contributed by atoms with van der Waals surface area (Å²) in [7, 11) is 0. The van der Waals surface area contributed by atoms with Gasteiger partial charge in [-0.05, 0) is 58.4 Å². The third-order valence-electron chi connectivity index (χ3n) is 6.93. The van der Waals surface area contributed by atoms with E-state index in [1.54, 1.807) is 45.9 Å². The van der Waals surface area contributed by atoms with Crippen LogP contribution in [0.4, 0.5) is 0 Å². The summed E-state index contributed by atoms with van der Waals surface area (Å²) in [5, 5.41) is 1.33. The fourth-order valence-corrected chi connectivity index (χ4v) is 6.43. The minimum Gasteiger partial charge on any atom is -0.465 e. The smallest absolute Gasteiger partial charge is 0.338 e. The Kier molecular flexibility index (Phi) is 8.02. The number of thiazole rings is 1. The number of rotatable bonds is 7. The van der Waals surface area contributed by atoms with Crippen LogP contribution in [0.2, 0.25) is 5.02 Å². The Balaban J connectivity index is 1.73. The maximum absolute atomic E-state index is 14.1. The molecule has 0 saturated heterocycles. The number of para-hydroxylation sites is 1. The zero-order valence-electron chi connectivity index (χ0n) is 23.4. The van der Waals surface area contributed by atoms with Gasteiger partial charge in [0.15, 0.2) is 4.80 Å². The van der Waals surface area contributed by atoms with E-state index in [1.165, 1.54) is 15.9 Å². The molecule has 0 bridgehead atoms. The highest BCUT2D eigenvalue weighted by molar-refractivity contribution is 7.07. The molecule has 41 heavy (non-hydrogen) atoms. The molecule has 1 aliphatic heterocycles. The predicted octanol–water partition coefficient (Wildman–Crippen LogP) is 4.67. The maximum atomic E-state index is 14.1. The number of halogens is 1. The van der Waals surface area contributed by atoms with Gasteiger partial charge in [0.2, 0.25) is 0 Å². The molecule has 2 aromatic heterocycles. The van der Waals surface area contributed by atoms with Gasteiger partial charge in [0.1, 0.15) is 12.6 Å². The third kappa shape index (κ3) is 5.27. The summed E-state index contributed by atoms with van der Waals surface area (Å²) in [6, 6.07) is 14.1. The molecule has 212 valence electrons. The number of hydrogen-bond acceptors (Lipinski definition) is 7. The van der Waals surface area contributed by atoms with E-state index in [9.17, 15) is 14.4 Å². The van der Waals surface area contributed by atoms with E-state index in [2.05, 4.69) is 4.99 Å². The van der Waals surface area contributed by atoms with Crippen molar-refractivity contribution >= 4 is 51.9 Å². The number of allylic oxidation sites excluding steroid dienone is 1. The topological polar surface area (TPSA) is 91.9 Å². The summed E-state index contributed by atoms with van der Waals surface area (Å²) in [5.74, 6) is -0.878. The summed E-state index contributed by atoms with van der Waals surface area (Å²) < 4.78 is 14.6. The van der Waals surface area contributed by atoms with Gasteiger partial charge in [-0.3, -0.25) is 14.2 Å². The van der Waals surface area contributed by atoms with Crippen molar-refractivity contribution < 1.29 is 19.1 Å². The lowest BCUT2D eigenvalue weighted by Crippen LogP contribution is -2.40. The van der Waals surface area contributed by atoms with E-state index < -0.39 is 12.0 Å². The molecule has 0 aliphatic carbocycles. The van der Waals surface area contributed by atoms with Gasteiger partial charge in [-0.15, -0.1) is 0 Å². The second-order valence-corrected chi connectivity index (χ2v) is 11.4. The van der Waals surface area contributed by atoms with Crippen molar-refractivity contribution in [2.75, 3.05) is 6.61 Å². The van der Waals surface area contributed by atoms with Gasteiger partial charge in [-0.25, -0.2) is 9.79 Å². The molecular weight excluding hydrogens is 562 g/mol. The van der Waals surface area contributed by atoms with Crippen LogP contribution in [-0.4, -0.2) is 33.8 Å². The first-order valence-electron chi connectivity index (χ1n) is 13.3. The normalized spacial score (nSPS) is 15.3. The van der Waals surface area contributed by atoms with Crippen molar-refractivity contribution in [3.8, 4) is 0 Å². The number of nitrogens with zero attached hydrogens (tertiary/aromatic N) is 3. The number of hydrogen-bond donors (Lipinski definition) is 0. The second kappa shape index (κ2) is 11.5. The van der Waals surface area contributed by atoms with Gasteiger partial charge in [-0.1, -0.05) is 59.3 Å². The largest absolute Gasteiger partial charge is 0.465 e. The molecule has 1 unspecified atom stereocenters. The number of benzene rings is 2. The number of esters is 2. The van der Waals surface area contributed by atoms with E-state index in [1.807, 2.05) is 47.9 Å². The Bertz CT molecular complexity index is 1900. The molecule has 8 nitrogen and oxygen atoms in total. The van der Waals surface area contributed by atoms with Crippen molar-refractivity contribution in [1.29, 1.82) is 0 Å². The minimum absolute atomic E-state index is 0.0578. The van der Waals surface area contributed by atoms with Gasteiger partial charge in [0, 0.05) is 27.2 Å². The van der Waals surface area contributed by atoms with Crippen molar-refractivity contribution in [1.82, 2.24) is 9.13 Å². The first kappa shape index (κ1) is 28.6. The standard InChI is InChI=1S/C31H30ClN3O5S/c1-6-39-26(36)16-34-19(5)22(20-11-8-10-14-24(20)34)15-25-29(37)35-28(21-12-7-9-13-23(21)32)27(30(38)40-17(2)3)18(4)33-31(35)41-25/h7-15,17,28H,6,16H2,1-5H3. The molecule has 1 atom stereocenters. The molecule has 1 aliphatic rings. The summed E-state index contributed by atoms with van der Waals surface area (Å²) in [4.78, 5) is 44.9. The van der Waals surface area contributed by atoms with Crippen LogP contribution in [-0.2, 0) is 25.6 Å². The Morgan fingerprint density at radius 3 is 2.54 bits per heavy atom. The first-order valence-corrected chi connectivity index (χ1v) is 14.5. The molecule has 10 heteroatoms. The zero-order chi connectivity index (χ0) is 29.4. The van der Waals surface area contributed by atoms with E-state index in [0.717, 1.165) is 22.2 Å². The SMILES string of the molecule is CCOC(=O)Cn1c(C)c(C=c2sc3n(c2=O)C(c2ccccc2Cl)C(C(=O)OC(C)C)=C(C)N=3)c2ccccc21. The molecule has 0 amide bonds. The number of aromatic nitrogens is 2. The summed E-state index contributed by atoms with van der Waals surface area (Å²) in [6.45, 7) is 9.33. The van der Waals surface area contributed by atoms with Crippen LogP contribution in [0, 0.1) is 6.92 Å². The molecule has 0 N–H and O–H groups in total. The number of fused-ring (bicyclic) bond motifs is 2. The van der Waals surface area contributed by atoms with E-state index >= 15 is 0 Å². The van der Waals surface area contributed by atoms with Crippen molar-refractivity contribution in [3.05, 3.63) is 101 Å². The van der Waals surface area contributed by atoms with E-state index in [-0.39, 0.29) is 29.8 Å². The average molecular weight is 592 g/mol. The quantitative estimate of drug-likeness (QED) is 0.291. The fraction of sp³-hybridized carbons (Fsp3) is 0.290. The molecule has 0 fully saturated rings. The van der Waals surface area contributed by atoms with Gasteiger partial charge < -0.3 is 14.0 Å². The highest BCUT2D eigenvalue weighted by Gasteiger charge is 2.35. The van der Waals surface area contributed by atoms with Crippen molar-refractivity contribution in [3.63, 3.8) is 0 Å². The average Bonchev–Trinajstić information content (AvgIpc) is 3.36. The monoisotopic (exact) mass is 591 g/mol. The Hall–Kier alpha value is -3.95. The van der Waals surface area contributed by atoms with Crippen molar-refractivity contribution in [2.45, 2.75) is 53.3 Å². The molecule has 2 aromatic carbocycles. The van der Waals surface area contributed by atoms with Crippen molar-refractivity contribution in [2.24, 2.45) is 4.99 Å². The summed E-state index contributed by atoms with van der Waals surface area (Å²) in [6.07, 6.45) is 1.48. The Morgan fingerprint density at radius 2 is 1.83 bits per heavy atom. The van der Waals surface area contributed by atoms with Crippen LogP contribution < -0.4 is 14.9 Å². The Morgan fingerprint density at radius 1 is 1.12 bits per heavy atom. The van der Waals surface area contributed by atoms with E-state index in [0.29, 0.717) is 32.2 Å². The highest BCUT2D eigenvalue weighted by Crippen LogP contribution is 2.34. The fourth-order valence-electron chi connectivity index (χ4n) is 5.16. The second-order valence-electron chi connectivity index (χ2n) is 9.96. The lowest BCUT2D eigenvalue weighted by atomic mass is 9.96. The lowest BCUT2D eigenvalue weighted by molar-refractivity contribution is -0.144. The highest BCUT2D eigenvalue weighted by atomic mass is 35.5. The van der Waals surface area contributed by atoms with Crippen LogP contribution in [0.5, 0.6) is 0 Å². The minimum atomic E-state index is -0.806. The van der Waals surface area contributed by atoms with Gasteiger partial charge in [-0.2, -0.15) is 0 Å². The lowest BCUT2D eigenvalue weighted by Gasteiger charge is -2.26. The van der Waals surface area contributed by atoms with E-state index in [4.69, 9.17) is 21.1 Å². The van der Waals surface area contributed by atoms with Crippen LogP contribution in [0.25, 0.3) is 17.0 Å². The maximum Gasteiger partial charge on any atom is 0.338 e. The number of carbonyl (C=O) groups excluding carboxylic acids is 2. The summed E-state index contributed by atoms with van der Waals surface area (Å²) >= 11 is 7.86. The van der Waals surface area contributed by atoms with Gasteiger partial charge in [0.25, 0.3) is 5.56 Å². The van der Waals surface area contributed by atoms with Gasteiger partial charge in [0.05, 0.1) is 28.5 Å². The molecule has 3 heterocycles. The molecule has 0 spiro atoms. The van der Waals surface area contributed by atoms with Crippen LogP contribution in [0.15, 0.2) is 69.6 Å². The summed E-state index contributed by atoms with van der Waals surface area (Å²) in [5.41, 5.74) is 3.55. The molecular formula is C31H30ClN3O5S. The molecule has 0 saturated carbocycles. The van der Waals surface area contributed by atoms with Crippen LogP contribution in [0.1, 0.15) is 50.6 Å². The van der Waals surface area contributed by atoms with Gasteiger partial charge >= 0.3 is 11.9 Å².